The molecule has 0 aliphatic carbocycles. The average Bonchev–Trinajstić information content (AvgIpc) is 3.41. The van der Waals surface area contributed by atoms with Crippen LogP contribution in [0.2, 0.25) is 0 Å². The number of fused-ring (bicyclic) bond motifs is 1. The fraction of sp³-hybridized carbons (Fsp3) is 0.167. The lowest BCUT2D eigenvalue weighted by atomic mass is 10.1. The monoisotopic (exact) mass is 385 g/mol. The van der Waals surface area contributed by atoms with E-state index in [1.807, 2.05) is 23.6 Å². The van der Waals surface area contributed by atoms with E-state index in [2.05, 4.69) is 15.6 Å². The summed E-state index contributed by atoms with van der Waals surface area (Å²) in [4.78, 5) is 28.6. The number of carbonyl (C=O) groups is 2. The van der Waals surface area contributed by atoms with Crippen LogP contribution in [0, 0.1) is 0 Å². The third-order valence-electron chi connectivity index (χ3n) is 3.89. The van der Waals surface area contributed by atoms with Crippen LogP contribution in [-0.2, 0) is 4.79 Å². The average molecular weight is 385 g/mol. The molecule has 138 valence electrons. The molecule has 8 nitrogen and oxygen atoms in total. The molecule has 27 heavy (non-hydrogen) atoms. The summed E-state index contributed by atoms with van der Waals surface area (Å²) in [6.45, 7) is 1.79. The predicted molar refractivity (Wildman–Crippen MR) is 97.9 cm³/mol. The van der Waals surface area contributed by atoms with Gasteiger partial charge in [0.25, 0.3) is 5.91 Å². The van der Waals surface area contributed by atoms with Crippen LogP contribution in [0.4, 0.5) is 5.13 Å². The molecule has 3 aromatic rings. The summed E-state index contributed by atoms with van der Waals surface area (Å²) in [5.74, 6) is 0.683. The van der Waals surface area contributed by atoms with Gasteiger partial charge < -0.3 is 24.5 Å². The first-order chi connectivity index (χ1) is 13.1. The second kappa shape index (κ2) is 7.12. The van der Waals surface area contributed by atoms with E-state index in [1.54, 1.807) is 13.0 Å². The normalized spacial score (nSPS) is 13.2. The number of thiazole rings is 1. The van der Waals surface area contributed by atoms with Gasteiger partial charge in [0.2, 0.25) is 12.7 Å². The summed E-state index contributed by atoms with van der Waals surface area (Å²) >= 11 is 1.29. The summed E-state index contributed by atoms with van der Waals surface area (Å²) < 4.78 is 15.7. The molecule has 0 fully saturated rings. The van der Waals surface area contributed by atoms with Crippen molar-refractivity contribution < 1.29 is 23.5 Å². The Morgan fingerprint density at radius 1 is 1.22 bits per heavy atom. The Hall–Kier alpha value is -3.33. The van der Waals surface area contributed by atoms with Gasteiger partial charge in [0.15, 0.2) is 22.4 Å². The fourth-order valence-electron chi connectivity index (χ4n) is 2.47. The zero-order valence-electron chi connectivity index (χ0n) is 14.2. The van der Waals surface area contributed by atoms with E-state index in [4.69, 9.17) is 13.9 Å². The SMILES string of the molecule is C[C@@H](NC(=O)c1ccco1)C(=O)Nc1nc(-c2ccc3c(c2)OCO3)cs1. The van der Waals surface area contributed by atoms with Crippen molar-refractivity contribution in [2.45, 2.75) is 13.0 Å². The third-order valence-corrected chi connectivity index (χ3v) is 4.65. The van der Waals surface area contributed by atoms with E-state index < -0.39 is 11.9 Å². The molecule has 0 saturated heterocycles. The number of hydrogen-bond donors (Lipinski definition) is 2. The Bertz CT molecular complexity index is 983. The van der Waals surface area contributed by atoms with Crippen LogP contribution in [0.3, 0.4) is 0 Å². The number of benzene rings is 1. The number of aromatic nitrogens is 1. The van der Waals surface area contributed by atoms with Gasteiger partial charge in [-0.05, 0) is 37.3 Å². The van der Waals surface area contributed by atoms with Gasteiger partial charge in [-0.2, -0.15) is 0 Å². The Labute approximate surface area is 158 Å². The lowest BCUT2D eigenvalue weighted by Crippen LogP contribution is -2.41. The standard InChI is InChI=1S/C18H15N3O5S/c1-10(19-17(23)14-3-2-6-24-14)16(22)21-18-20-12(8-27-18)11-4-5-13-15(7-11)26-9-25-13/h2-8,10H,9H2,1H3,(H,19,23)(H,20,21,22)/t10-/m1/s1. The number of furan rings is 1. The summed E-state index contributed by atoms with van der Waals surface area (Å²) in [5.41, 5.74) is 1.57. The maximum atomic E-state index is 12.3. The van der Waals surface area contributed by atoms with Crippen LogP contribution < -0.4 is 20.1 Å². The molecule has 2 N–H and O–H groups in total. The Kier molecular flexibility index (Phi) is 4.51. The molecule has 2 amide bonds. The number of nitrogens with zero attached hydrogens (tertiary/aromatic N) is 1. The topological polar surface area (TPSA) is 103 Å². The molecule has 9 heteroatoms. The van der Waals surface area contributed by atoms with Crippen molar-refractivity contribution in [2.24, 2.45) is 0 Å². The second-order valence-corrected chi connectivity index (χ2v) is 6.63. The number of hydrogen-bond acceptors (Lipinski definition) is 7. The van der Waals surface area contributed by atoms with Crippen LogP contribution in [0.25, 0.3) is 11.3 Å². The van der Waals surface area contributed by atoms with Crippen molar-refractivity contribution in [3.8, 4) is 22.8 Å². The van der Waals surface area contributed by atoms with E-state index in [0.717, 1.165) is 5.56 Å². The molecule has 0 radical (unpaired) electrons. The molecule has 1 aliphatic rings. The van der Waals surface area contributed by atoms with Gasteiger partial charge in [0, 0.05) is 10.9 Å². The fourth-order valence-corrected chi connectivity index (χ4v) is 3.20. The molecule has 0 spiro atoms. The minimum atomic E-state index is -0.750. The number of rotatable bonds is 5. The van der Waals surface area contributed by atoms with Crippen molar-refractivity contribution in [1.82, 2.24) is 10.3 Å². The molecule has 1 atom stereocenters. The van der Waals surface area contributed by atoms with Gasteiger partial charge in [-0.25, -0.2) is 4.98 Å². The Morgan fingerprint density at radius 2 is 2.07 bits per heavy atom. The largest absolute Gasteiger partial charge is 0.459 e. The van der Waals surface area contributed by atoms with Crippen molar-refractivity contribution in [3.05, 3.63) is 47.7 Å². The van der Waals surface area contributed by atoms with Gasteiger partial charge in [-0.15, -0.1) is 11.3 Å². The van der Waals surface area contributed by atoms with Crippen molar-refractivity contribution in [3.63, 3.8) is 0 Å². The first kappa shape index (κ1) is 17.1. The van der Waals surface area contributed by atoms with Crippen LogP contribution in [0.1, 0.15) is 17.5 Å². The van der Waals surface area contributed by atoms with Crippen molar-refractivity contribution in [1.29, 1.82) is 0 Å². The highest BCUT2D eigenvalue weighted by Crippen LogP contribution is 2.36. The molecule has 0 bridgehead atoms. The molecule has 0 unspecified atom stereocenters. The second-order valence-electron chi connectivity index (χ2n) is 5.77. The van der Waals surface area contributed by atoms with Crippen molar-refractivity contribution in [2.75, 3.05) is 12.1 Å². The molecule has 1 aromatic carbocycles. The molecule has 0 saturated carbocycles. The highest BCUT2D eigenvalue weighted by atomic mass is 32.1. The van der Waals surface area contributed by atoms with E-state index in [-0.39, 0.29) is 18.5 Å². The minimum absolute atomic E-state index is 0.147. The highest BCUT2D eigenvalue weighted by Gasteiger charge is 2.20. The zero-order valence-corrected chi connectivity index (χ0v) is 15.0. The molecule has 4 rings (SSSR count). The number of carbonyl (C=O) groups excluding carboxylic acids is 2. The first-order valence-corrected chi connectivity index (χ1v) is 8.99. The highest BCUT2D eigenvalue weighted by molar-refractivity contribution is 7.14. The smallest absolute Gasteiger partial charge is 0.287 e. The van der Waals surface area contributed by atoms with Crippen LogP contribution >= 0.6 is 11.3 Å². The van der Waals surface area contributed by atoms with Gasteiger partial charge in [-0.1, -0.05) is 0 Å². The van der Waals surface area contributed by atoms with E-state index in [1.165, 1.54) is 23.7 Å². The molecular formula is C18H15N3O5S. The zero-order chi connectivity index (χ0) is 18.8. The lowest BCUT2D eigenvalue weighted by molar-refractivity contribution is -0.117. The Morgan fingerprint density at radius 3 is 2.89 bits per heavy atom. The third kappa shape index (κ3) is 3.63. The molecule has 2 aromatic heterocycles. The number of ether oxygens (including phenoxy) is 2. The number of nitrogens with one attached hydrogen (secondary N) is 2. The number of amides is 2. The summed E-state index contributed by atoms with van der Waals surface area (Å²) in [7, 11) is 0. The van der Waals surface area contributed by atoms with E-state index in [0.29, 0.717) is 22.3 Å². The van der Waals surface area contributed by atoms with Gasteiger partial charge in [0.1, 0.15) is 6.04 Å². The summed E-state index contributed by atoms with van der Waals surface area (Å²) in [6.07, 6.45) is 1.40. The Balaban J connectivity index is 1.40. The van der Waals surface area contributed by atoms with E-state index >= 15 is 0 Å². The molecule has 1 aliphatic heterocycles. The summed E-state index contributed by atoms with van der Waals surface area (Å²) in [5, 5.41) is 7.54. The van der Waals surface area contributed by atoms with E-state index in [9.17, 15) is 9.59 Å². The predicted octanol–water partition coefficient (Wildman–Crippen LogP) is 2.89. The molecule has 3 heterocycles. The maximum Gasteiger partial charge on any atom is 0.287 e. The van der Waals surface area contributed by atoms with Crippen LogP contribution in [0.5, 0.6) is 11.5 Å². The summed E-state index contributed by atoms with van der Waals surface area (Å²) in [6, 6.07) is 7.92. The van der Waals surface area contributed by atoms with Gasteiger partial charge >= 0.3 is 0 Å². The van der Waals surface area contributed by atoms with Gasteiger partial charge in [-0.3, -0.25) is 9.59 Å². The first-order valence-electron chi connectivity index (χ1n) is 8.11. The number of anilines is 1. The van der Waals surface area contributed by atoms with Crippen LogP contribution in [-0.4, -0.2) is 29.6 Å². The van der Waals surface area contributed by atoms with Crippen LogP contribution in [0.15, 0.2) is 46.4 Å². The molecular weight excluding hydrogens is 370 g/mol. The van der Waals surface area contributed by atoms with Gasteiger partial charge in [0.05, 0.1) is 12.0 Å². The minimum Gasteiger partial charge on any atom is -0.459 e. The lowest BCUT2D eigenvalue weighted by Gasteiger charge is -2.11. The maximum absolute atomic E-state index is 12.3. The quantitative estimate of drug-likeness (QED) is 0.700. The van der Waals surface area contributed by atoms with Crippen molar-refractivity contribution >= 4 is 28.3 Å².